The topological polar surface area (TPSA) is 43.2 Å². The van der Waals surface area contributed by atoms with Gasteiger partial charge < -0.3 is 9.47 Å². The number of rotatable bonds is 15. The highest BCUT2D eigenvalue weighted by Gasteiger charge is 2.00. The Hall–Kier alpha value is -3.14. The van der Waals surface area contributed by atoms with Crippen LogP contribution in [0.4, 0.5) is 11.4 Å². The molecule has 3 rings (SSSR count). The van der Waals surface area contributed by atoms with Crippen LogP contribution in [0.3, 0.4) is 0 Å². The smallest absolute Gasteiger partial charge is 0.119 e. The molecule has 180 valence electrons. The van der Waals surface area contributed by atoms with E-state index in [1.807, 2.05) is 55.5 Å². The van der Waals surface area contributed by atoms with Crippen molar-refractivity contribution in [3.63, 3.8) is 0 Å². The van der Waals surface area contributed by atoms with Gasteiger partial charge in [0.05, 0.1) is 24.6 Å². The lowest BCUT2D eigenvalue weighted by atomic mass is 10.1. The molecule has 0 saturated heterocycles. The van der Waals surface area contributed by atoms with Gasteiger partial charge in [0.2, 0.25) is 0 Å². The van der Waals surface area contributed by atoms with Crippen molar-refractivity contribution in [2.75, 3.05) is 13.2 Å². The molecule has 0 bridgehead atoms. The molecule has 0 radical (unpaired) electrons. The van der Waals surface area contributed by atoms with E-state index in [1.54, 1.807) is 0 Å². The zero-order valence-electron chi connectivity index (χ0n) is 20.7. The Kier molecular flexibility index (Phi) is 11.2. The van der Waals surface area contributed by atoms with E-state index in [4.69, 9.17) is 9.47 Å². The van der Waals surface area contributed by atoms with Crippen LogP contribution in [0.5, 0.6) is 11.5 Å². The second-order valence-corrected chi connectivity index (χ2v) is 8.52. The van der Waals surface area contributed by atoms with Crippen LogP contribution in [0.15, 0.2) is 83.0 Å². The summed E-state index contributed by atoms with van der Waals surface area (Å²) in [5, 5.41) is 8.72. The van der Waals surface area contributed by atoms with Crippen molar-refractivity contribution in [1.29, 1.82) is 0 Å². The molecular weight excluding hydrogens is 420 g/mol. The van der Waals surface area contributed by atoms with Crippen LogP contribution in [0.25, 0.3) is 11.1 Å². The monoisotopic (exact) mass is 458 g/mol. The van der Waals surface area contributed by atoms with Gasteiger partial charge in [-0.2, -0.15) is 10.2 Å². The summed E-state index contributed by atoms with van der Waals surface area (Å²) in [5.41, 5.74) is 3.93. The number of nitrogens with zero attached hydrogens (tertiary/aromatic N) is 2. The predicted octanol–water partition coefficient (Wildman–Crippen LogP) is 9.69. The molecule has 0 aromatic heterocycles. The van der Waals surface area contributed by atoms with Gasteiger partial charge in [-0.15, -0.1) is 0 Å². The highest BCUT2D eigenvalue weighted by molar-refractivity contribution is 5.66. The fourth-order valence-electron chi connectivity index (χ4n) is 3.78. The number of hydrogen-bond acceptors (Lipinski definition) is 4. The minimum atomic E-state index is 0.675. The molecule has 0 atom stereocenters. The Labute approximate surface area is 205 Å². The first-order chi connectivity index (χ1) is 16.8. The van der Waals surface area contributed by atoms with Gasteiger partial charge in [0.15, 0.2) is 0 Å². The third kappa shape index (κ3) is 9.01. The van der Waals surface area contributed by atoms with E-state index in [2.05, 4.69) is 41.4 Å². The summed E-state index contributed by atoms with van der Waals surface area (Å²) >= 11 is 0. The maximum absolute atomic E-state index is 5.86. The zero-order chi connectivity index (χ0) is 23.8. The molecule has 4 heteroatoms. The lowest BCUT2D eigenvalue weighted by Crippen LogP contribution is -1.96. The summed E-state index contributed by atoms with van der Waals surface area (Å²) < 4.78 is 11.4. The molecule has 0 aliphatic heterocycles. The molecule has 0 aliphatic rings. The number of unbranched alkanes of at least 4 members (excludes halogenated alkanes) is 7. The first kappa shape index (κ1) is 25.5. The minimum absolute atomic E-state index is 0.675. The Morgan fingerprint density at radius 2 is 0.941 bits per heavy atom. The van der Waals surface area contributed by atoms with Crippen molar-refractivity contribution in [1.82, 2.24) is 0 Å². The van der Waals surface area contributed by atoms with Crippen molar-refractivity contribution in [3.05, 3.63) is 72.8 Å². The molecule has 3 aromatic carbocycles. The van der Waals surface area contributed by atoms with Crippen molar-refractivity contribution in [3.8, 4) is 22.6 Å². The Morgan fingerprint density at radius 1 is 0.500 bits per heavy atom. The Balaban J connectivity index is 1.40. The second-order valence-electron chi connectivity index (χ2n) is 8.52. The molecule has 0 saturated carbocycles. The van der Waals surface area contributed by atoms with Gasteiger partial charge in [-0.1, -0.05) is 76.1 Å². The fraction of sp³-hybridized carbons (Fsp3) is 0.400. The van der Waals surface area contributed by atoms with Crippen LogP contribution in [-0.2, 0) is 0 Å². The summed E-state index contributed by atoms with van der Waals surface area (Å²) in [7, 11) is 0. The Bertz CT molecular complexity index is 964. The first-order valence-electron chi connectivity index (χ1n) is 12.8. The van der Waals surface area contributed by atoms with E-state index in [0.29, 0.717) is 6.61 Å². The van der Waals surface area contributed by atoms with Crippen molar-refractivity contribution < 1.29 is 9.47 Å². The third-order valence-electron chi connectivity index (χ3n) is 5.75. The standard InChI is InChI=1S/C30H38N2O2/c1-3-5-6-7-8-9-10-11-24-34-30-22-18-28(19-23-30)32-31-27-16-12-25(13-17-27)26-14-20-29(21-15-26)33-4-2/h12-23H,3-11,24H2,1-2H3. The van der Waals surface area contributed by atoms with Gasteiger partial charge in [0.1, 0.15) is 11.5 Å². The summed E-state index contributed by atoms with van der Waals surface area (Å²) in [6.45, 7) is 5.70. The first-order valence-corrected chi connectivity index (χ1v) is 12.8. The molecule has 0 spiro atoms. The van der Waals surface area contributed by atoms with Crippen LogP contribution in [0.2, 0.25) is 0 Å². The van der Waals surface area contributed by atoms with E-state index in [-0.39, 0.29) is 0 Å². The van der Waals surface area contributed by atoms with Gasteiger partial charge in [-0.3, -0.25) is 0 Å². The number of hydrogen-bond donors (Lipinski definition) is 0. The maximum Gasteiger partial charge on any atom is 0.119 e. The average molecular weight is 459 g/mol. The van der Waals surface area contributed by atoms with E-state index in [0.717, 1.165) is 47.0 Å². The molecule has 3 aromatic rings. The summed E-state index contributed by atoms with van der Waals surface area (Å²) in [6, 6.07) is 24.0. The normalized spacial score (nSPS) is 11.1. The van der Waals surface area contributed by atoms with E-state index < -0.39 is 0 Å². The Morgan fingerprint density at radius 3 is 1.50 bits per heavy atom. The van der Waals surface area contributed by atoms with Gasteiger partial charge in [0, 0.05) is 0 Å². The van der Waals surface area contributed by atoms with Gasteiger partial charge in [-0.05, 0) is 73.0 Å². The number of benzene rings is 3. The van der Waals surface area contributed by atoms with Gasteiger partial charge in [-0.25, -0.2) is 0 Å². The van der Waals surface area contributed by atoms with Crippen molar-refractivity contribution in [2.24, 2.45) is 10.2 Å². The van der Waals surface area contributed by atoms with Crippen LogP contribution in [0, 0.1) is 0 Å². The van der Waals surface area contributed by atoms with Crippen LogP contribution < -0.4 is 9.47 Å². The highest BCUT2D eigenvalue weighted by Crippen LogP contribution is 2.26. The molecule has 0 aliphatic carbocycles. The predicted molar refractivity (Wildman–Crippen MR) is 142 cm³/mol. The lowest BCUT2D eigenvalue weighted by Gasteiger charge is -2.06. The summed E-state index contributed by atoms with van der Waals surface area (Å²) in [6.07, 6.45) is 10.5. The molecule has 4 nitrogen and oxygen atoms in total. The molecule has 0 heterocycles. The number of azo groups is 1. The van der Waals surface area contributed by atoms with Gasteiger partial charge >= 0.3 is 0 Å². The van der Waals surface area contributed by atoms with E-state index in [9.17, 15) is 0 Å². The SMILES string of the molecule is CCCCCCCCCCOc1ccc(N=Nc2ccc(-c3ccc(OCC)cc3)cc2)cc1. The number of ether oxygens (including phenoxy) is 2. The highest BCUT2D eigenvalue weighted by atomic mass is 16.5. The molecule has 0 unspecified atom stereocenters. The second kappa shape index (κ2) is 14.9. The quantitative estimate of drug-likeness (QED) is 0.168. The van der Waals surface area contributed by atoms with Gasteiger partial charge in [0.25, 0.3) is 0 Å². The summed E-state index contributed by atoms with van der Waals surface area (Å²) in [4.78, 5) is 0. The fourth-order valence-corrected chi connectivity index (χ4v) is 3.78. The largest absolute Gasteiger partial charge is 0.494 e. The van der Waals surface area contributed by atoms with Crippen molar-refractivity contribution in [2.45, 2.75) is 65.2 Å². The maximum atomic E-state index is 5.86. The third-order valence-corrected chi connectivity index (χ3v) is 5.75. The molecule has 34 heavy (non-hydrogen) atoms. The van der Waals surface area contributed by atoms with Crippen LogP contribution >= 0.6 is 0 Å². The summed E-state index contributed by atoms with van der Waals surface area (Å²) in [5.74, 6) is 1.78. The molecule has 0 N–H and O–H groups in total. The molecule has 0 fully saturated rings. The van der Waals surface area contributed by atoms with Crippen LogP contribution in [-0.4, -0.2) is 13.2 Å². The molecule has 0 amide bonds. The van der Waals surface area contributed by atoms with Crippen molar-refractivity contribution >= 4 is 11.4 Å². The minimum Gasteiger partial charge on any atom is -0.494 e. The molecular formula is C30H38N2O2. The van der Waals surface area contributed by atoms with E-state index in [1.165, 1.54) is 44.9 Å². The zero-order valence-corrected chi connectivity index (χ0v) is 20.7. The van der Waals surface area contributed by atoms with Crippen LogP contribution in [0.1, 0.15) is 65.2 Å². The lowest BCUT2D eigenvalue weighted by molar-refractivity contribution is 0.304. The van der Waals surface area contributed by atoms with E-state index >= 15 is 0 Å². The average Bonchev–Trinajstić information content (AvgIpc) is 2.88.